The molecule has 0 spiro atoms. The number of nitrogens with zero attached hydrogens (tertiary/aromatic N) is 1. The molecule has 1 rings (SSSR count). The van der Waals surface area contributed by atoms with E-state index in [2.05, 4.69) is 39.3 Å². The van der Waals surface area contributed by atoms with E-state index in [-0.39, 0.29) is 13.1 Å². The lowest BCUT2D eigenvalue weighted by molar-refractivity contribution is 0.0523. The quantitative estimate of drug-likeness (QED) is 0.764. The maximum absolute atomic E-state index is 11.5. The van der Waals surface area contributed by atoms with E-state index >= 15 is 0 Å². The second kappa shape index (κ2) is 10.2. The van der Waals surface area contributed by atoms with Crippen LogP contribution in [0.4, 0.5) is 9.59 Å². The van der Waals surface area contributed by atoms with Crippen molar-refractivity contribution in [1.82, 2.24) is 15.6 Å². The van der Waals surface area contributed by atoms with Crippen LogP contribution in [0.5, 0.6) is 0 Å². The lowest BCUT2D eigenvalue weighted by atomic mass is 10.2. The van der Waals surface area contributed by atoms with Crippen LogP contribution in [-0.2, 0) is 9.47 Å². The van der Waals surface area contributed by atoms with Crippen molar-refractivity contribution in [1.29, 1.82) is 0 Å². The fourth-order valence-corrected chi connectivity index (χ4v) is 1.70. The summed E-state index contributed by atoms with van der Waals surface area (Å²) in [7, 11) is 0. The molecule has 0 aromatic carbocycles. The van der Waals surface area contributed by atoms with Crippen LogP contribution in [0.25, 0.3) is 0 Å². The van der Waals surface area contributed by atoms with Crippen LogP contribution >= 0.6 is 0 Å². The van der Waals surface area contributed by atoms with E-state index in [0.717, 1.165) is 0 Å². The number of amides is 2. The first-order valence-electron chi connectivity index (χ1n) is 8.83. The number of ether oxygens (including phenoxy) is 2. The third-order valence-electron chi connectivity index (χ3n) is 2.62. The number of nitrogens with one attached hydrogen (secondary N) is 2. The highest BCUT2D eigenvalue weighted by Crippen LogP contribution is 2.06. The van der Waals surface area contributed by atoms with Gasteiger partial charge in [-0.2, -0.15) is 0 Å². The highest BCUT2D eigenvalue weighted by Gasteiger charge is 2.15. The van der Waals surface area contributed by atoms with Crippen LogP contribution in [0.1, 0.15) is 52.9 Å². The molecule has 2 amide bonds. The van der Waals surface area contributed by atoms with Crippen molar-refractivity contribution in [3.05, 3.63) is 29.6 Å². The molecule has 28 heavy (non-hydrogen) atoms. The molecular formula is C21H27N3O4. The van der Waals surface area contributed by atoms with Gasteiger partial charge in [-0.1, -0.05) is 17.9 Å². The minimum atomic E-state index is -0.551. The summed E-state index contributed by atoms with van der Waals surface area (Å²) in [5, 5.41) is 5.10. The van der Waals surface area contributed by atoms with Gasteiger partial charge in [-0.25, -0.2) is 14.6 Å². The van der Waals surface area contributed by atoms with Crippen molar-refractivity contribution in [3.63, 3.8) is 0 Å². The van der Waals surface area contributed by atoms with E-state index in [1.807, 2.05) is 0 Å². The highest BCUT2D eigenvalue weighted by atomic mass is 16.6. The topological polar surface area (TPSA) is 89.6 Å². The highest BCUT2D eigenvalue weighted by molar-refractivity contribution is 5.68. The molecule has 0 aliphatic carbocycles. The summed E-state index contributed by atoms with van der Waals surface area (Å²) in [5.41, 5.74) is -0.0507. The Morgan fingerprint density at radius 2 is 1.25 bits per heavy atom. The van der Waals surface area contributed by atoms with Gasteiger partial charge in [0.25, 0.3) is 0 Å². The molecule has 1 aromatic rings. The molecule has 0 aliphatic rings. The summed E-state index contributed by atoms with van der Waals surface area (Å²) in [6.45, 7) is 11.0. The van der Waals surface area contributed by atoms with Crippen LogP contribution in [0.15, 0.2) is 18.2 Å². The van der Waals surface area contributed by atoms with Gasteiger partial charge in [-0.05, 0) is 65.5 Å². The molecule has 0 aliphatic heterocycles. The summed E-state index contributed by atoms with van der Waals surface area (Å²) in [6, 6.07) is 5.26. The number of carbonyl (C=O) groups is 2. The van der Waals surface area contributed by atoms with Crippen molar-refractivity contribution in [3.8, 4) is 23.7 Å². The Morgan fingerprint density at radius 1 is 0.857 bits per heavy atom. The first-order valence-corrected chi connectivity index (χ1v) is 8.83. The number of pyridine rings is 1. The van der Waals surface area contributed by atoms with Crippen LogP contribution < -0.4 is 10.6 Å². The van der Waals surface area contributed by atoms with E-state index in [1.54, 1.807) is 59.7 Å². The SMILES string of the molecule is CC(C)(C)OC(=O)NCC#Cc1cccc(C#CCNC(=O)OC(C)(C)C)n1. The molecule has 1 heterocycles. The first kappa shape index (κ1) is 22.9. The van der Waals surface area contributed by atoms with Crippen molar-refractivity contribution < 1.29 is 19.1 Å². The maximum atomic E-state index is 11.5. The van der Waals surface area contributed by atoms with Crippen molar-refractivity contribution in [2.24, 2.45) is 0 Å². The Balaban J connectivity index is 2.51. The van der Waals surface area contributed by atoms with Crippen molar-refractivity contribution in [2.75, 3.05) is 13.1 Å². The summed E-state index contributed by atoms with van der Waals surface area (Å²) < 4.78 is 10.2. The Morgan fingerprint density at radius 3 is 1.61 bits per heavy atom. The van der Waals surface area contributed by atoms with Crippen LogP contribution in [-0.4, -0.2) is 41.5 Å². The fraction of sp³-hybridized carbons (Fsp3) is 0.476. The molecule has 150 valence electrons. The number of rotatable bonds is 2. The standard InChI is InChI=1S/C21H27N3O4/c1-20(2,3)27-18(25)22-14-8-12-16-10-7-11-17(24-16)13-9-15-23-19(26)28-21(4,5)6/h7,10-11H,14-15H2,1-6H3,(H,22,25)(H,23,26). The molecule has 7 heteroatoms. The fourth-order valence-electron chi connectivity index (χ4n) is 1.70. The second-order valence-corrected chi connectivity index (χ2v) is 7.72. The van der Waals surface area contributed by atoms with Gasteiger partial charge in [0.15, 0.2) is 0 Å². The van der Waals surface area contributed by atoms with Gasteiger partial charge < -0.3 is 20.1 Å². The normalized spacial score (nSPS) is 10.5. The molecule has 0 radical (unpaired) electrons. The number of alkyl carbamates (subject to hydrolysis) is 2. The van der Waals surface area contributed by atoms with Gasteiger partial charge in [0, 0.05) is 0 Å². The molecule has 0 fully saturated rings. The molecule has 1 aromatic heterocycles. The zero-order valence-corrected chi connectivity index (χ0v) is 17.2. The van der Waals surface area contributed by atoms with Gasteiger partial charge in [-0.3, -0.25) is 0 Å². The summed E-state index contributed by atoms with van der Waals surface area (Å²) in [4.78, 5) is 27.3. The summed E-state index contributed by atoms with van der Waals surface area (Å²) >= 11 is 0. The molecule has 2 N–H and O–H groups in total. The zero-order chi connectivity index (χ0) is 21.2. The van der Waals surface area contributed by atoms with E-state index in [0.29, 0.717) is 11.4 Å². The Hall–Kier alpha value is -3.19. The van der Waals surface area contributed by atoms with Gasteiger partial charge in [-0.15, -0.1) is 0 Å². The van der Waals surface area contributed by atoms with Gasteiger partial charge in [0.2, 0.25) is 0 Å². The van der Waals surface area contributed by atoms with Crippen molar-refractivity contribution in [2.45, 2.75) is 52.7 Å². The Kier molecular flexibility index (Phi) is 8.34. The molecule has 0 atom stereocenters. The number of carbonyl (C=O) groups excluding carboxylic acids is 2. The minimum Gasteiger partial charge on any atom is -0.444 e. The maximum Gasteiger partial charge on any atom is 0.408 e. The molecule has 7 nitrogen and oxygen atoms in total. The van der Waals surface area contributed by atoms with E-state index in [1.165, 1.54) is 0 Å². The number of hydrogen-bond donors (Lipinski definition) is 2. The van der Waals surface area contributed by atoms with Crippen molar-refractivity contribution >= 4 is 12.2 Å². The lowest BCUT2D eigenvalue weighted by Gasteiger charge is -2.19. The lowest BCUT2D eigenvalue weighted by Crippen LogP contribution is -2.32. The van der Waals surface area contributed by atoms with Crippen LogP contribution in [0, 0.1) is 23.7 Å². The smallest absolute Gasteiger partial charge is 0.408 e. The summed E-state index contributed by atoms with van der Waals surface area (Å²) in [5.74, 6) is 11.3. The van der Waals surface area contributed by atoms with Gasteiger partial charge >= 0.3 is 12.2 Å². The van der Waals surface area contributed by atoms with Gasteiger partial charge in [0.05, 0.1) is 13.1 Å². The Bertz CT molecular complexity index is 747. The minimum absolute atomic E-state index is 0.145. The predicted molar refractivity (Wildman–Crippen MR) is 106 cm³/mol. The average molecular weight is 385 g/mol. The van der Waals surface area contributed by atoms with Crippen LogP contribution in [0.2, 0.25) is 0 Å². The third-order valence-corrected chi connectivity index (χ3v) is 2.62. The molecule has 0 unspecified atom stereocenters. The van der Waals surface area contributed by atoms with E-state index in [9.17, 15) is 9.59 Å². The molecule has 0 saturated carbocycles. The first-order chi connectivity index (χ1) is 12.9. The van der Waals surface area contributed by atoms with E-state index in [4.69, 9.17) is 9.47 Å². The second-order valence-electron chi connectivity index (χ2n) is 7.72. The average Bonchev–Trinajstić information content (AvgIpc) is 2.53. The molecule has 0 bridgehead atoms. The monoisotopic (exact) mass is 385 g/mol. The largest absolute Gasteiger partial charge is 0.444 e. The molecular weight excluding hydrogens is 358 g/mol. The third kappa shape index (κ3) is 11.4. The Labute approximate surface area is 166 Å². The predicted octanol–water partition coefficient (Wildman–Crippen LogP) is 2.83. The number of hydrogen-bond acceptors (Lipinski definition) is 5. The van der Waals surface area contributed by atoms with E-state index < -0.39 is 23.4 Å². The molecule has 0 saturated heterocycles. The number of aromatic nitrogens is 1. The van der Waals surface area contributed by atoms with Gasteiger partial charge in [0.1, 0.15) is 22.6 Å². The van der Waals surface area contributed by atoms with Crippen LogP contribution in [0.3, 0.4) is 0 Å². The summed E-state index contributed by atoms with van der Waals surface area (Å²) in [6.07, 6.45) is -1.04. The zero-order valence-electron chi connectivity index (χ0n) is 17.2.